The number of nitrogens with one attached hydrogen (secondary N) is 1. The molecule has 0 aliphatic heterocycles. The van der Waals surface area contributed by atoms with Gasteiger partial charge in [0.25, 0.3) is 0 Å². The van der Waals surface area contributed by atoms with Crippen LogP contribution < -0.4 is 14.8 Å². The van der Waals surface area contributed by atoms with Gasteiger partial charge in [-0.2, -0.15) is 0 Å². The Morgan fingerprint density at radius 3 is 2.41 bits per heavy atom. The van der Waals surface area contributed by atoms with E-state index in [1.165, 1.54) is 0 Å². The van der Waals surface area contributed by atoms with E-state index in [-0.39, 0.29) is 0 Å². The number of hydrogen-bond donors (Lipinski definition) is 1. The van der Waals surface area contributed by atoms with Crippen LogP contribution in [-0.4, -0.2) is 49.3 Å². The zero-order chi connectivity index (χ0) is 20.6. The fraction of sp³-hybridized carbons (Fsp3) is 0.304. The number of benzene rings is 2. The molecule has 0 aliphatic rings. The SMILES string of the molecule is CCN(CC)CCNC(=O)Oc1cnc(-c2ccccc2OC)c2ccccc12. The lowest BCUT2D eigenvalue weighted by Crippen LogP contribution is -2.36. The second kappa shape index (κ2) is 9.89. The third-order valence-electron chi connectivity index (χ3n) is 4.92. The summed E-state index contributed by atoms with van der Waals surface area (Å²) in [5, 5.41) is 4.52. The molecule has 0 unspecified atom stereocenters. The van der Waals surface area contributed by atoms with Crippen LogP contribution in [0.1, 0.15) is 13.8 Å². The molecular formula is C23H27N3O3. The number of hydrogen-bond acceptors (Lipinski definition) is 5. The Kier molecular flexibility index (Phi) is 7.03. The molecule has 1 aromatic heterocycles. The molecule has 0 saturated carbocycles. The lowest BCUT2D eigenvalue weighted by Gasteiger charge is -2.18. The molecule has 0 radical (unpaired) electrons. The van der Waals surface area contributed by atoms with E-state index in [1.807, 2.05) is 48.5 Å². The van der Waals surface area contributed by atoms with Crippen molar-refractivity contribution in [2.75, 3.05) is 33.3 Å². The molecule has 152 valence electrons. The average molecular weight is 393 g/mol. The summed E-state index contributed by atoms with van der Waals surface area (Å²) in [6, 6.07) is 15.5. The van der Waals surface area contributed by atoms with Crippen molar-refractivity contribution in [3.63, 3.8) is 0 Å². The van der Waals surface area contributed by atoms with Gasteiger partial charge in [-0.25, -0.2) is 4.79 Å². The van der Waals surface area contributed by atoms with Crippen molar-refractivity contribution in [2.45, 2.75) is 13.8 Å². The molecule has 0 spiro atoms. The van der Waals surface area contributed by atoms with E-state index < -0.39 is 6.09 Å². The average Bonchev–Trinajstić information content (AvgIpc) is 2.77. The molecule has 1 heterocycles. The van der Waals surface area contributed by atoms with E-state index in [4.69, 9.17) is 9.47 Å². The molecule has 0 bridgehead atoms. The number of carbonyl (C=O) groups excluding carboxylic acids is 1. The standard InChI is InChI=1S/C23H27N3O3/c1-4-26(5-2)15-14-24-23(27)29-21-16-25-22(18-11-7-6-10-17(18)21)19-12-8-9-13-20(19)28-3/h6-13,16H,4-5,14-15H2,1-3H3,(H,24,27). The predicted octanol–water partition coefficient (Wildman–Crippen LogP) is 4.34. The number of methoxy groups -OCH3 is 1. The van der Waals surface area contributed by atoms with Gasteiger partial charge in [-0.15, -0.1) is 0 Å². The van der Waals surface area contributed by atoms with Crippen LogP contribution in [0.3, 0.4) is 0 Å². The summed E-state index contributed by atoms with van der Waals surface area (Å²) in [5.74, 6) is 1.17. The lowest BCUT2D eigenvalue weighted by atomic mass is 10.0. The number of amides is 1. The number of likely N-dealkylation sites (N-methyl/N-ethyl adjacent to an activating group) is 1. The summed E-state index contributed by atoms with van der Waals surface area (Å²) in [6.45, 7) is 7.42. The first-order chi connectivity index (χ1) is 14.2. The highest BCUT2D eigenvalue weighted by Gasteiger charge is 2.15. The van der Waals surface area contributed by atoms with Crippen LogP contribution in [-0.2, 0) is 0 Å². The summed E-state index contributed by atoms with van der Waals surface area (Å²) in [7, 11) is 1.64. The van der Waals surface area contributed by atoms with E-state index in [9.17, 15) is 4.79 Å². The van der Waals surface area contributed by atoms with Gasteiger partial charge in [0.2, 0.25) is 0 Å². The first-order valence-electron chi connectivity index (χ1n) is 9.87. The Bertz CT molecular complexity index is 970. The third-order valence-corrected chi connectivity index (χ3v) is 4.92. The van der Waals surface area contributed by atoms with Crippen LogP contribution in [0.5, 0.6) is 11.5 Å². The number of aromatic nitrogens is 1. The lowest BCUT2D eigenvalue weighted by molar-refractivity contribution is 0.198. The summed E-state index contributed by atoms with van der Waals surface area (Å²) in [5.41, 5.74) is 1.67. The van der Waals surface area contributed by atoms with Gasteiger partial charge in [-0.05, 0) is 25.2 Å². The van der Waals surface area contributed by atoms with Gasteiger partial charge in [0.05, 0.1) is 19.0 Å². The molecule has 1 N–H and O–H groups in total. The molecular weight excluding hydrogens is 366 g/mol. The first-order valence-corrected chi connectivity index (χ1v) is 9.87. The van der Waals surface area contributed by atoms with Crippen molar-refractivity contribution in [1.82, 2.24) is 15.2 Å². The fourth-order valence-corrected chi connectivity index (χ4v) is 3.29. The van der Waals surface area contributed by atoms with E-state index in [0.29, 0.717) is 12.3 Å². The maximum absolute atomic E-state index is 12.3. The summed E-state index contributed by atoms with van der Waals surface area (Å²) in [4.78, 5) is 19.1. The van der Waals surface area contributed by atoms with E-state index in [0.717, 1.165) is 47.4 Å². The molecule has 29 heavy (non-hydrogen) atoms. The third kappa shape index (κ3) is 4.84. The highest BCUT2D eigenvalue weighted by atomic mass is 16.6. The molecule has 6 heteroatoms. The van der Waals surface area contributed by atoms with Crippen molar-refractivity contribution in [3.05, 3.63) is 54.7 Å². The number of para-hydroxylation sites is 1. The van der Waals surface area contributed by atoms with Crippen LogP contribution in [0.25, 0.3) is 22.0 Å². The van der Waals surface area contributed by atoms with Crippen molar-refractivity contribution in [1.29, 1.82) is 0 Å². The zero-order valence-electron chi connectivity index (χ0n) is 17.1. The van der Waals surface area contributed by atoms with Gasteiger partial charge in [0.15, 0.2) is 5.75 Å². The normalized spacial score (nSPS) is 10.9. The molecule has 3 aromatic rings. The molecule has 0 saturated heterocycles. The van der Waals surface area contributed by atoms with Crippen molar-refractivity contribution in [3.8, 4) is 22.8 Å². The number of fused-ring (bicyclic) bond motifs is 1. The maximum atomic E-state index is 12.3. The highest BCUT2D eigenvalue weighted by Crippen LogP contribution is 2.36. The number of pyridine rings is 1. The largest absolute Gasteiger partial charge is 0.496 e. The Labute approximate surface area is 171 Å². The minimum absolute atomic E-state index is 0.430. The van der Waals surface area contributed by atoms with Crippen LogP contribution in [0.15, 0.2) is 54.7 Å². The van der Waals surface area contributed by atoms with Crippen LogP contribution in [0.2, 0.25) is 0 Å². The summed E-state index contributed by atoms with van der Waals surface area (Å²) < 4.78 is 11.0. The number of carbonyl (C=O) groups is 1. The number of rotatable bonds is 8. The van der Waals surface area contributed by atoms with Crippen molar-refractivity contribution >= 4 is 16.9 Å². The van der Waals surface area contributed by atoms with Gasteiger partial charge >= 0.3 is 6.09 Å². The van der Waals surface area contributed by atoms with Crippen molar-refractivity contribution in [2.24, 2.45) is 0 Å². The van der Waals surface area contributed by atoms with E-state index in [2.05, 4.69) is 29.0 Å². The first kappa shape index (κ1) is 20.6. The molecule has 0 fully saturated rings. The summed E-state index contributed by atoms with van der Waals surface area (Å²) in [6.07, 6.45) is 1.11. The number of ether oxygens (including phenoxy) is 2. The fourth-order valence-electron chi connectivity index (χ4n) is 3.29. The van der Waals surface area contributed by atoms with Crippen LogP contribution in [0, 0.1) is 0 Å². The Morgan fingerprint density at radius 1 is 1.00 bits per heavy atom. The molecule has 1 amide bonds. The molecule has 6 nitrogen and oxygen atoms in total. The van der Waals surface area contributed by atoms with Gasteiger partial charge in [0.1, 0.15) is 5.75 Å². The Balaban J connectivity index is 1.83. The van der Waals surface area contributed by atoms with Crippen LogP contribution in [0.4, 0.5) is 4.79 Å². The topological polar surface area (TPSA) is 63.7 Å². The highest BCUT2D eigenvalue weighted by molar-refractivity contribution is 5.99. The Morgan fingerprint density at radius 2 is 1.69 bits per heavy atom. The van der Waals surface area contributed by atoms with Gasteiger partial charge < -0.3 is 19.7 Å². The summed E-state index contributed by atoms with van der Waals surface area (Å²) >= 11 is 0. The second-order valence-electron chi connectivity index (χ2n) is 6.56. The number of nitrogens with zero attached hydrogens (tertiary/aromatic N) is 2. The monoisotopic (exact) mass is 393 g/mol. The van der Waals surface area contributed by atoms with Gasteiger partial charge in [-0.1, -0.05) is 50.2 Å². The molecule has 2 aromatic carbocycles. The van der Waals surface area contributed by atoms with Crippen LogP contribution >= 0.6 is 0 Å². The van der Waals surface area contributed by atoms with Gasteiger partial charge in [0, 0.05) is 29.4 Å². The van der Waals surface area contributed by atoms with Gasteiger partial charge in [-0.3, -0.25) is 4.98 Å². The second-order valence-corrected chi connectivity index (χ2v) is 6.56. The quantitative estimate of drug-likeness (QED) is 0.617. The molecule has 3 rings (SSSR count). The van der Waals surface area contributed by atoms with Crippen molar-refractivity contribution < 1.29 is 14.3 Å². The predicted molar refractivity (Wildman–Crippen MR) is 116 cm³/mol. The molecule has 0 atom stereocenters. The Hall–Kier alpha value is -3.12. The van der Waals surface area contributed by atoms with E-state index in [1.54, 1.807) is 13.3 Å². The van der Waals surface area contributed by atoms with E-state index >= 15 is 0 Å². The smallest absolute Gasteiger partial charge is 0.412 e. The minimum Gasteiger partial charge on any atom is -0.496 e. The maximum Gasteiger partial charge on any atom is 0.412 e. The molecule has 0 aliphatic carbocycles. The zero-order valence-corrected chi connectivity index (χ0v) is 17.1. The minimum atomic E-state index is -0.478.